The first-order valence-corrected chi connectivity index (χ1v) is 11.4. The second-order valence-corrected chi connectivity index (χ2v) is 9.11. The van der Waals surface area contributed by atoms with E-state index in [0.29, 0.717) is 21.9 Å². The third-order valence-corrected chi connectivity index (χ3v) is 7.37. The van der Waals surface area contributed by atoms with Crippen LogP contribution < -0.4 is 0 Å². The fourth-order valence-electron chi connectivity index (χ4n) is 5.71. The van der Waals surface area contributed by atoms with Crippen LogP contribution in [-0.2, 0) is 11.2 Å². The van der Waals surface area contributed by atoms with Gasteiger partial charge < -0.3 is 4.74 Å². The van der Waals surface area contributed by atoms with Crippen molar-refractivity contribution in [1.29, 1.82) is 0 Å². The van der Waals surface area contributed by atoms with E-state index in [1.54, 1.807) is 54.6 Å². The molecule has 2 aliphatic rings. The highest BCUT2D eigenvalue weighted by Crippen LogP contribution is 2.67. The minimum Gasteiger partial charge on any atom is -0.491 e. The molecular formula is C29H18F6O. The second-order valence-electron chi connectivity index (χ2n) is 9.11. The number of fused-ring (bicyclic) bond motifs is 3. The van der Waals surface area contributed by atoms with E-state index in [-0.39, 0.29) is 22.8 Å². The van der Waals surface area contributed by atoms with Gasteiger partial charge in [-0.15, -0.1) is 0 Å². The van der Waals surface area contributed by atoms with Crippen molar-refractivity contribution < 1.29 is 31.1 Å². The number of hydrogen-bond acceptors (Lipinski definition) is 1. The summed E-state index contributed by atoms with van der Waals surface area (Å²) in [6, 6.07) is 17.7. The molecule has 0 amide bonds. The molecule has 1 saturated carbocycles. The molecule has 7 heteroatoms. The molecule has 4 aromatic carbocycles. The van der Waals surface area contributed by atoms with Crippen molar-refractivity contribution in [3.05, 3.63) is 107 Å². The zero-order valence-electron chi connectivity index (χ0n) is 18.9. The molecule has 6 rings (SSSR count). The lowest BCUT2D eigenvalue weighted by Crippen LogP contribution is -2.16. The van der Waals surface area contributed by atoms with Gasteiger partial charge in [-0.2, -0.15) is 4.39 Å². The Hall–Kier alpha value is -3.74. The van der Waals surface area contributed by atoms with Crippen LogP contribution in [0.15, 0.2) is 90.0 Å². The Morgan fingerprint density at radius 2 is 1.39 bits per heavy atom. The maximum Gasteiger partial charge on any atom is 0.199 e. The molecule has 0 radical (unpaired) electrons. The van der Waals surface area contributed by atoms with Crippen LogP contribution in [-0.4, -0.2) is 12.8 Å². The predicted molar refractivity (Wildman–Crippen MR) is 126 cm³/mol. The number of allylic oxidation sites excluding steroid dienone is 3. The third-order valence-electron chi connectivity index (χ3n) is 7.37. The zero-order valence-corrected chi connectivity index (χ0v) is 18.9. The van der Waals surface area contributed by atoms with E-state index in [2.05, 4.69) is 4.74 Å². The molecule has 0 heterocycles. The van der Waals surface area contributed by atoms with Crippen LogP contribution in [0, 0.1) is 23.5 Å². The first-order valence-electron chi connectivity index (χ1n) is 11.4. The summed E-state index contributed by atoms with van der Waals surface area (Å²) < 4.78 is 95.1. The fourth-order valence-corrected chi connectivity index (χ4v) is 5.71. The second kappa shape index (κ2) is 7.88. The van der Waals surface area contributed by atoms with E-state index in [1.165, 1.54) is 0 Å². The predicted octanol–water partition coefficient (Wildman–Crippen LogP) is 8.43. The summed E-state index contributed by atoms with van der Waals surface area (Å²) >= 11 is 0. The molecule has 1 fully saturated rings. The minimum absolute atomic E-state index is 0.0118. The number of ether oxygens (including phenoxy) is 1. The first-order chi connectivity index (χ1) is 17.3. The van der Waals surface area contributed by atoms with Gasteiger partial charge in [-0.05, 0) is 40.5 Å². The molecule has 36 heavy (non-hydrogen) atoms. The summed E-state index contributed by atoms with van der Waals surface area (Å²) in [6.45, 7) is 0. The first kappa shape index (κ1) is 22.7. The van der Waals surface area contributed by atoms with Crippen molar-refractivity contribution in [2.75, 3.05) is 7.11 Å². The van der Waals surface area contributed by atoms with Gasteiger partial charge in [0.05, 0.1) is 13.0 Å². The number of halogens is 6. The Labute approximate surface area is 202 Å². The van der Waals surface area contributed by atoms with Gasteiger partial charge in [-0.25, -0.2) is 22.0 Å². The van der Waals surface area contributed by atoms with Crippen molar-refractivity contribution in [3.63, 3.8) is 0 Å². The highest BCUT2D eigenvalue weighted by molar-refractivity contribution is 6.15. The van der Waals surface area contributed by atoms with Gasteiger partial charge in [0.25, 0.3) is 0 Å². The maximum atomic E-state index is 15.8. The SMILES string of the molecule is COC1=C(F)C2(F)C(Cc3c4ccccc4c(-c4ccccc4)c4c(F)ccc(F)c34)[C@@H]2C(F)=C1F. The quantitative estimate of drug-likeness (QED) is 0.204. The number of methoxy groups -OCH3 is 1. The molecular weight excluding hydrogens is 478 g/mol. The van der Waals surface area contributed by atoms with E-state index in [4.69, 9.17) is 0 Å². The van der Waals surface area contributed by atoms with Crippen LogP contribution in [0.2, 0.25) is 0 Å². The summed E-state index contributed by atoms with van der Waals surface area (Å²) in [7, 11) is 0.921. The van der Waals surface area contributed by atoms with Crippen LogP contribution in [0.4, 0.5) is 26.3 Å². The molecule has 0 saturated heterocycles. The maximum absolute atomic E-state index is 15.8. The highest BCUT2D eigenvalue weighted by Gasteiger charge is 2.74. The third kappa shape index (κ3) is 2.92. The van der Waals surface area contributed by atoms with Crippen molar-refractivity contribution in [2.45, 2.75) is 12.1 Å². The van der Waals surface area contributed by atoms with Crippen molar-refractivity contribution in [3.8, 4) is 11.1 Å². The normalized spacial score (nSPS) is 23.4. The van der Waals surface area contributed by atoms with Gasteiger partial charge in [0, 0.05) is 22.3 Å². The van der Waals surface area contributed by atoms with Gasteiger partial charge in [0.1, 0.15) is 17.5 Å². The summed E-state index contributed by atoms with van der Waals surface area (Å²) in [5.74, 6) is -10.2. The lowest BCUT2D eigenvalue weighted by atomic mass is 9.86. The Bertz CT molecular complexity index is 1620. The molecule has 4 aromatic rings. The lowest BCUT2D eigenvalue weighted by Gasteiger charge is -2.18. The Balaban J connectivity index is 1.64. The van der Waals surface area contributed by atoms with Crippen LogP contribution in [0.3, 0.4) is 0 Å². The van der Waals surface area contributed by atoms with Crippen molar-refractivity contribution in [1.82, 2.24) is 0 Å². The fraction of sp³-hybridized carbons (Fsp3) is 0.172. The lowest BCUT2D eigenvalue weighted by molar-refractivity contribution is 0.197. The zero-order chi connectivity index (χ0) is 25.4. The smallest absolute Gasteiger partial charge is 0.199 e. The summed E-state index contributed by atoms with van der Waals surface area (Å²) in [6.07, 6.45) is -0.348. The number of alkyl halides is 1. The standard InChI is InChI=1S/C29H18F6O/c1-36-27-26(33)25(32)24-18(29(24,35)28(27)34)13-17-15-9-5-6-10-16(15)21(14-7-3-2-4-8-14)23-20(31)12-11-19(30)22(17)23/h2-12,18,24H,13H2,1H3/t18?,24-,29?/m1/s1. The Morgan fingerprint density at radius 1 is 0.778 bits per heavy atom. The van der Waals surface area contributed by atoms with Crippen LogP contribution in [0.25, 0.3) is 32.7 Å². The van der Waals surface area contributed by atoms with Gasteiger partial charge >= 0.3 is 0 Å². The largest absolute Gasteiger partial charge is 0.491 e. The van der Waals surface area contributed by atoms with E-state index in [0.717, 1.165) is 19.2 Å². The molecule has 0 bridgehead atoms. The van der Waals surface area contributed by atoms with Crippen LogP contribution in [0.1, 0.15) is 5.56 Å². The van der Waals surface area contributed by atoms with E-state index >= 15 is 13.2 Å². The molecule has 0 spiro atoms. The van der Waals surface area contributed by atoms with Gasteiger partial charge in [0.2, 0.25) is 0 Å². The average molecular weight is 496 g/mol. The summed E-state index contributed by atoms with van der Waals surface area (Å²) in [5.41, 5.74) is -1.53. The van der Waals surface area contributed by atoms with Gasteiger partial charge in [-0.3, -0.25) is 0 Å². The van der Waals surface area contributed by atoms with E-state index in [1.807, 2.05) is 0 Å². The number of benzene rings is 4. The Morgan fingerprint density at radius 3 is 2.06 bits per heavy atom. The van der Waals surface area contributed by atoms with Crippen LogP contribution in [0.5, 0.6) is 0 Å². The topological polar surface area (TPSA) is 9.23 Å². The molecule has 1 nitrogen and oxygen atoms in total. The van der Waals surface area contributed by atoms with Gasteiger partial charge in [-0.1, -0.05) is 54.6 Å². The molecule has 182 valence electrons. The van der Waals surface area contributed by atoms with Crippen LogP contribution >= 0.6 is 0 Å². The summed E-state index contributed by atoms with van der Waals surface area (Å²) in [4.78, 5) is 0. The molecule has 0 aromatic heterocycles. The van der Waals surface area contributed by atoms with Crippen molar-refractivity contribution in [2.24, 2.45) is 11.8 Å². The van der Waals surface area contributed by atoms with Crippen molar-refractivity contribution >= 4 is 21.5 Å². The van der Waals surface area contributed by atoms with E-state index < -0.39 is 52.4 Å². The van der Waals surface area contributed by atoms with E-state index in [9.17, 15) is 13.2 Å². The monoisotopic (exact) mass is 496 g/mol. The molecule has 3 atom stereocenters. The Kier molecular flexibility index (Phi) is 4.97. The molecule has 2 aliphatic carbocycles. The molecule has 0 N–H and O–H groups in total. The number of hydrogen-bond donors (Lipinski definition) is 0. The summed E-state index contributed by atoms with van der Waals surface area (Å²) in [5, 5.41) is 0.952. The minimum atomic E-state index is -2.83. The molecule has 0 aliphatic heterocycles. The molecule has 2 unspecified atom stereocenters. The highest BCUT2D eigenvalue weighted by atomic mass is 19.2. The van der Waals surface area contributed by atoms with Gasteiger partial charge in [0.15, 0.2) is 23.1 Å². The number of rotatable bonds is 4. The average Bonchev–Trinajstić information content (AvgIpc) is 3.50.